The monoisotopic (exact) mass is 363 g/mol. The molecule has 1 amide bonds. The van der Waals surface area contributed by atoms with Crippen LogP contribution in [-0.2, 0) is 21.4 Å². The lowest BCUT2D eigenvalue weighted by molar-refractivity contribution is -0.122. The van der Waals surface area contributed by atoms with E-state index in [4.69, 9.17) is 0 Å². The minimum absolute atomic E-state index is 0.0310. The number of nitrogens with one attached hydrogen (secondary N) is 2. The number of amides is 1. The molecule has 24 heavy (non-hydrogen) atoms. The highest BCUT2D eigenvalue weighted by molar-refractivity contribution is 7.89. The Bertz CT molecular complexity index is 1040. The molecule has 2 N–H and O–H groups in total. The second-order valence-corrected chi connectivity index (χ2v) is 7.56. The molecule has 0 fully saturated rings. The smallest absolute Gasteiger partial charge is 0.289 e. The SMILES string of the molecule is O=C(Cn1c(=O)sc2ccccc21)NNS(=O)(=O)c1ccccc1. The van der Waals surface area contributed by atoms with Crippen molar-refractivity contribution in [1.29, 1.82) is 0 Å². The Morgan fingerprint density at radius 2 is 1.71 bits per heavy atom. The van der Waals surface area contributed by atoms with Crippen LogP contribution >= 0.6 is 11.3 Å². The molecule has 0 saturated heterocycles. The quantitative estimate of drug-likeness (QED) is 0.663. The average Bonchev–Trinajstić information content (AvgIpc) is 2.90. The molecule has 0 radical (unpaired) electrons. The Kier molecular flexibility index (Phi) is 4.47. The second-order valence-electron chi connectivity index (χ2n) is 4.89. The van der Waals surface area contributed by atoms with Crippen LogP contribution < -0.4 is 15.1 Å². The summed E-state index contributed by atoms with van der Waals surface area (Å²) in [5.41, 5.74) is 2.75. The normalized spacial score (nSPS) is 11.5. The minimum atomic E-state index is -3.85. The molecule has 0 atom stereocenters. The van der Waals surface area contributed by atoms with Gasteiger partial charge < -0.3 is 0 Å². The van der Waals surface area contributed by atoms with Gasteiger partial charge in [-0.2, -0.15) is 0 Å². The number of thiazole rings is 1. The van der Waals surface area contributed by atoms with Gasteiger partial charge in [0, 0.05) is 0 Å². The van der Waals surface area contributed by atoms with E-state index in [1.807, 2.05) is 4.83 Å². The molecule has 0 aliphatic carbocycles. The summed E-state index contributed by atoms with van der Waals surface area (Å²) in [6.45, 7) is -0.278. The number of rotatable bonds is 5. The maximum absolute atomic E-state index is 12.0. The Balaban J connectivity index is 1.72. The predicted octanol–water partition coefficient (Wildman–Crippen LogP) is 1.07. The number of fused-ring (bicyclic) bond motifs is 1. The summed E-state index contributed by atoms with van der Waals surface area (Å²) >= 11 is 1.03. The summed E-state index contributed by atoms with van der Waals surface area (Å²) in [6.07, 6.45) is 0. The van der Waals surface area contributed by atoms with Crippen LogP contribution in [0.15, 0.2) is 64.3 Å². The third-order valence-electron chi connectivity index (χ3n) is 3.25. The molecule has 7 nitrogen and oxygen atoms in total. The fourth-order valence-corrected chi connectivity index (χ4v) is 3.90. The highest BCUT2D eigenvalue weighted by atomic mass is 32.2. The first-order valence-electron chi connectivity index (χ1n) is 6.91. The van der Waals surface area contributed by atoms with Crippen molar-refractivity contribution in [2.45, 2.75) is 11.4 Å². The van der Waals surface area contributed by atoms with Crippen LogP contribution in [-0.4, -0.2) is 18.9 Å². The summed E-state index contributed by atoms with van der Waals surface area (Å²) < 4.78 is 26.1. The van der Waals surface area contributed by atoms with Crippen molar-refractivity contribution in [2.24, 2.45) is 0 Å². The van der Waals surface area contributed by atoms with Crippen LogP contribution in [0.3, 0.4) is 0 Å². The highest BCUT2D eigenvalue weighted by Gasteiger charge is 2.16. The zero-order valence-corrected chi connectivity index (χ0v) is 13.9. The van der Waals surface area contributed by atoms with Crippen molar-refractivity contribution in [1.82, 2.24) is 14.8 Å². The molecule has 0 spiro atoms. The number of para-hydroxylation sites is 1. The Morgan fingerprint density at radius 1 is 1.04 bits per heavy atom. The van der Waals surface area contributed by atoms with Crippen LogP contribution in [0.2, 0.25) is 0 Å². The summed E-state index contributed by atoms with van der Waals surface area (Å²) in [5, 5.41) is 0. The van der Waals surface area contributed by atoms with E-state index in [9.17, 15) is 18.0 Å². The van der Waals surface area contributed by atoms with E-state index in [0.29, 0.717) is 5.52 Å². The van der Waals surface area contributed by atoms with Crippen molar-refractivity contribution in [2.75, 3.05) is 0 Å². The summed E-state index contributed by atoms with van der Waals surface area (Å²) in [4.78, 5) is 25.7. The zero-order valence-electron chi connectivity index (χ0n) is 12.3. The van der Waals surface area contributed by atoms with Crippen LogP contribution in [0.25, 0.3) is 10.2 Å². The van der Waals surface area contributed by atoms with E-state index in [0.717, 1.165) is 16.0 Å². The second kappa shape index (κ2) is 6.56. The van der Waals surface area contributed by atoms with Gasteiger partial charge in [0.2, 0.25) is 0 Å². The number of hydrogen-bond donors (Lipinski definition) is 2. The molecular weight excluding hydrogens is 350 g/mol. The van der Waals surface area contributed by atoms with Gasteiger partial charge >= 0.3 is 4.87 Å². The number of hydrogen-bond acceptors (Lipinski definition) is 5. The van der Waals surface area contributed by atoms with Crippen LogP contribution in [0.1, 0.15) is 0 Å². The van der Waals surface area contributed by atoms with Crippen molar-refractivity contribution < 1.29 is 13.2 Å². The first-order chi connectivity index (χ1) is 11.5. The molecular formula is C15H13N3O4S2. The van der Waals surface area contributed by atoms with Gasteiger partial charge in [-0.1, -0.05) is 41.7 Å². The van der Waals surface area contributed by atoms with Gasteiger partial charge in [-0.25, -0.2) is 8.42 Å². The van der Waals surface area contributed by atoms with Crippen molar-refractivity contribution >= 4 is 37.5 Å². The maximum Gasteiger partial charge on any atom is 0.308 e. The Labute approximate surface area is 141 Å². The number of nitrogens with zero attached hydrogens (tertiary/aromatic N) is 1. The summed E-state index contributed by atoms with van der Waals surface area (Å²) in [5.74, 6) is -0.639. The fraction of sp³-hybridized carbons (Fsp3) is 0.0667. The van der Waals surface area contributed by atoms with Crippen LogP contribution in [0.4, 0.5) is 0 Å². The van der Waals surface area contributed by atoms with Gasteiger partial charge in [-0.3, -0.25) is 19.6 Å². The van der Waals surface area contributed by atoms with Crippen LogP contribution in [0.5, 0.6) is 0 Å². The van der Waals surface area contributed by atoms with Crippen LogP contribution in [0, 0.1) is 0 Å². The lowest BCUT2D eigenvalue weighted by Crippen LogP contribution is -2.43. The van der Waals surface area contributed by atoms with Gasteiger partial charge in [0.1, 0.15) is 6.54 Å². The van der Waals surface area contributed by atoms with Gasteiger partial charge in [-0.05, 0) is 24.3 Å². The molecule has 0 unspecified atom stereocenters. The first-order valence-corrected chi connectivity index (χ1v) is 9.21. The largest absolute Gasteiger partial charge is 0.308 e. The number of hydrazine groups is 1. The molecule has 2 aromatic carbocycles. The fourth-order valence-electron chi connectivity index (χ4n) is 2.13. The zero-order chi connectivity index (χ0) is 17.2. The molecule has 124 valence electrons. The Hall–Kier alpha value is -2.49. The number of carbonyl (C=O) groups is 1. The molecule has 3 aromatic rings. The molecule has 0 saturated carbocycles. The lowest BCUT2D eigenvalue weighted by Gasteiger charge is -2.09. The summed E-state index contributed by atoms with van der Waals surface area (Å²) in [6, 6.07) is 14.7. The van der Waals surface area contributed by atoms with E-state index < -0.39 is 15.9 Å². The number of carbonyl (C=O) groups excluding carboxylic acids is 1. The molecule has 0 aliphatic rings. The standard InChI is InChI=1S/C15H13N3O4S2/c19-14(16-17-24(21,22)11-6-2-1-3-7-11)10-18-12-8-4-5-9-13(12)23-15(18)20/h1-9,17H,10H2,(H,16,19). The van der Waals surface area contributed by atoms with Gasteiger partial charge in [0.15, 0.2) is 0 Å². The van der Waals surface area contributed by atoms with Gasteiger partial charge in [0.05, 0.1) is 15.1 Å². The van der Waals surface area contributed by atoms with E-state index >= 15 is 0 Å². The highest BCUT2D eigenvalue weighted by Crippen LogP contribution is 2.16. The molecule has 3 rings (SSSR count). The van der Waals surface area contributed by atoms with E-state index in [2.05, 4.69) is 5.43 Å². The maximum atomic E-state index is 12.0. The van der Waals surface area contributed by atoms with E-state index in [1.54, 1.807) is 42.5 Å². The third kappa shape index (κ3) is 3.37. The molecule has 0 aliphatic heterocycles. The van der Waals surface area contributed by atoms with Gasteiger partial charge in [0.25, 0.3) is 15.9 Å². The molecule has 1 aromatic heterocycles. The number of aromatic nitrogens is 1. The van der Waals surface area contributed by atoms with Crippen molar-refractivity contribution in [3.8, 4) is 0 Å². The summed E-state index contributed by atoms with van der Waals surface area (Å²) in [7, 11) is -3.85. The Morgan fingerprint density at radius 3 is 2.46 bits per heavy atom. The molecule has 9 heteroatoms. The molecule has 1 heterocycles. The van der Waals surface area contributed by atoms with Crippen molar-refractivity contribution in [3.05, 3.63) is 64.3 Å². The minimum Gasteiger partial charge on any atom is -0.289 e. The topological polar surface area (TPSA) is 97.3 Å². The average molecular weight is 363 g/mol. The third-order valence-corrected chi connectivity index (χ3v) is 5.48. The first kappa shape index (κ1) is 16.4. The lowest BCUT2D eigenvalue weighted by atomic mass is 10.3. The van der Waals surface area contributed by atoms with Gasteiger partial charge in [-0.15, -0.1) is 4.83 Å². The predicted molar refractivity (Wildman–Crippen MR) is 91.0 cm³/mol. The van der Waals surface area contributed by atoms with Crippen molar-refractivity contribution in [3.63, 3.8) is 0 Å². The number of sulfonamides is 1. The number of benzene rings is 2. The molecule has 0 bridgehead atoms. The van der Waals surface area contributed by atoms with E-state index in [1.165, 1.54) is 16.7 Å². The van der Waals surface area contributed by atoms with E-state index in [-0.39, 0.29) is 16.3 Å².